The van der Waals surface area contributed by atoms with Crippen molar-refractivity contribution in [2.75, 3.05) is 26.7 Å². The van der Waals surface area contributed by atoms with Crippen LogP contribution >= 0.6 is 0 Å². The van der Waals surface area contributed by atoms with Gasteiger partial charge >= 0.3 is 0 Å². The first-order valence-corrected chi connectivity index (χ1v) is 11.4. The molecule has 3 aromatic carbocycles. The molecule has 1 atom stereocenters. The van der Waals surface area contributed by atoms with Gasteiger partial charge in [-0.3, -0.25) is 14.6 Å². The number of hydrogen-bond donors (Lipinski definition) is 0. The highest BCUT2D eigenvalue weighted by Gasteiger charge is 2.36. The summed E-state index contributed by atoms with van der Waals surface area (Å²) in [6, 6.07) is 23.1. The molecule has 0 radical (unpaired) electrons. The Labute approximate surface area is 184 Å². The molecule has 2 aliphatic rings. The molecule has 0 bridgehead atoms. The number of ether oxygens (including phenoxy) is 1. The molecule has 0 spiro atoms. The lowest BCUT2D eigenvalue weighted by Crippen LogP contribution is -2.59. The van der Waals surface area contributed by atoms with E-state index in [0.29, 0.717) is 6.04 Å². The van der Waals surface area contributed by atoms with E-state index in [0.717, 1.165) is 48.3 Å². The third-order valence-corrected chi connectivity index (χ3v) is 6.98. The first-order chi connectivity index (χ1) is 15.2. The molecule has 0 aromatic heterocycles. The quantitative estimate of drug-likeness (QED) is 0.544. The first kappa shape index (κ1) is 20.2. The molecule has 1 saturated heterocycles. The van der Waals surface area contributed by atoms with Crippen LogP contribution in [0.25, 0.3) is 10.8 Å². The van der Waals surface area contributed by atoms with Crippen LogP contribution < -0.4 is 4.74 Å². The molecule has 1 aliphatic heterocycles. The summed E-state index contributed by atoms with van der Waals surface area (Å²) in [7, 11) is 1.68. The van der Waals surface area contributed by atoms with Crippen LogP contribution in [0.1, 0.15) is 35.2 Å². The smallest absolute Gasteiger partial charge is 0.181 e. The van der Waals surface area contributed by atoms with E-state index in [9.17, 15) is 4.79 Å². The number of benzene rings is 3. The maximum absolute atomic E-state index is 13.7. The Hall–Kier alpha value is -2.69. The lowest BCUT2D eigenvalue weighted by Gasteiger charge is -2.46. The molecule has 5 rings (SSSR count). The van der Waals surface area contributed by atoms with E-state index in [1.807, 2.05) is 42.5 Å². The van der Waals surface area contributed by atoms with Crippen LogP contribution in [0.5, 0.6) is 5.75 Å². The number of carbonyl (C=O) groups is 1. The molecule has 0 N–H and O–H groups in total. The number of methoxy groups -OCH3 is 1. The molecule has 0 amide bonds. The second-order valence-corrected chi connectivity index (χ2v) is 8.84. The number of rotatable bonds is 6. The minimum absolute atomic E-state index is 0.106. The highest BCUT2D eigenvalue weighted by Crippen LogP contribution is 2.29. The fourth-order valence-electron chi connectivity index (χ4n) is 4.88. The molecule has 160 valence electrons. The van der Waals surface area contributed by atoms with E-state index in [2.05, 4.69) is 34.1 Å². The van der Waals surface area contributed by atoms with Crippen LogP contribution in [0, 0.1) is 0 Å². The molecule has 1 heterocycles. The van der Waals surface area contributed by atoms with Gasteiger partial charge in [-0.05, 0) is 47.4 Å². The number of nitrogens with zero attached hydrogens (tertiary/aromatic N) is 2. The van der Waals surface area contributed by atoms with E-state index in [1.54, 1.807) is 7.11 Å². The van der Waals surface area contributed by atoms with Gasteiger partial charge in [0.2, 0.25) is 0 Å². The van der Waals surface area contributed by atoms with Crippen LogP contribution in [0.3, 0.4) is 0 Å². The van der Waals surface area contributed by atoms with Gasteiger partial charge in [0.05, 0.1) is 13.2 Å². The molecule has 31 heavy (non-hydrogen) atoms. The fourth-order valence-corrected chi connectivity index (χ4v) is 4.88. The molecular weight excluding hydrogens is 384 g/mol. The summed E-state index contributed by atoms with van der Waals surface area (Å²) in [6.45, 7) is 3.64. The zero-order valence-electron chi connectivity index (χ0n) is 18.2. The van der Waals surface area contributed by atoms with E-state index in [1.165, 1.54) is 24.8 Å². The van der Waals surface area contributed by atoms with Crippen molar-refractivity contribution in [2.24, 2.45) is 0 Å². The molecule has 2 fully saturated rings. The first-order valence-electron chi connectivity index (χ1n) is 11.4. The van der Waals surface area contributed by atoms with Crippen LogP contribution in [0.15, 0.2) is 66.7 Å². The second kappa shape index (κ2) is 8.81. The number of hydrogen-bond acceptors (Lipinski definition) is 4. The molecule has 1 unspecified atom stereocenters. The number of fused-ring (bicyclic) bond motifs is 1. The Kier molecular flexibility index (Phi) is 5.75. The van der Waals surface area contributed by atoms with Gasteiger partial charge < -0.3 is 4.74 Å². The van der Waals surface area contributed by atoms with Crippen molar-refractivity contribution in [2.45, 2.75) is 37.9 Å². The molecule has 4 heteroatoms. The minimum atomic E-state index is -0.106. The predicted molar refractivity (Wildman–Crippen MR) is 125 cm³/mol. The largest absolute Gasteiger partial charge is 0.497 e. The minimum Gasteiger partial charge on any atom is -0.497 e. The normalized spacial score (nSPS) is 20.5. The summed E-state index contributed by atoms with van der Waals surface area (Å²) in [5.74, 6) is 1.07. The van der Waals surface area contributed by atoms with Gasteiger partial charge in [0.1, 0.15) is 5.75 Å². The Morgan fingerprint density at radius 1 is 0.968 bits per heavy atom. The lowest BCUT2D eigenvalue weighted by molar-refractivity contribution is 0.0206. The maximum Gasteiger partial charge on any atom is 0.181 e. The Bertz CT molecular complexity index is 1060. The van der Waals surface area contributed by atoms with Gasteiger partial charge in [0.15, 0.2) is 5.78 Å². The Morgan fingerprint density at radius 3 is 2.48 bits per heavy atom. The third kappa shape index (κ3) is 4.23. The number of carbonyl (C=O) groups excluding carboxylic acids is 1. The Balaban J connectivity index is 1.42. The average Bonchev–Trinajstić information content (AvgIpc) is 2.78. The van der Waals surface area contributed by atoms with Crippen molar-refractivity contribution in [3.63, 3.8) is 0 Å². The van der Waals surface area contributed by atoms with Gasteiger partial charge in [-0.15, -0.1) is 0 Å². The molecule has 1 aliphatic carbocycles. The summed E-state index contributed by atoms with van der Waals surface area (Å²) in [6.07, 6.45) is 3.87. The van der Waals surface area contributed by atoms with Crippen LogP contribution in [0.4, 0.5) is 0 Å². The van der Waals surface area contributed by atoms with Gasteiger partial charge in [-0.2, -0.15) is 0 Å². The summed E-state index contributed by atoms with van der Waals surface area (Å²) in [5.41, 5.74) is 2.07. The second-order valence-electron chi connectivity index (χ2n) is 8.84. The topological polar surface area (TPSA) is 32.8 Å². The summed E-state index contributed by atoms with van der Waals surface area (Å²) in [4.78, 5) is 18.7. The highest BCUT2D eigenvalue weighted by atomic mass is 16.5. The maximum atomic E-state index is 13.7. The number of ketones is 1. The van der Waals surface area contributed by atoms with Crippen LogP contribution in [-0.2, 0) is 6.54 Å². The highest BCUT2D eigenvalue weighted by molar-refractivity contribution is 6.03. The summed E-state index contributed by atoms with van der Waals surface area (Å²) < 4.78 is 5.34. The Morgan fingerprint density at radius 2 is 1.74 bits per heavy atom. The zero-order chi connectivity index (χ0) is 21.2. The SMILES string of the molecule is COc1ccc2cc(C(=O)C3CN(C4CCC4)CCN3Cc3ccccc3)ccc2c1. The van der Waals surface area contributed by atoms with E-state index >= 15 is 0 Å². The van der Waals surface area contributed by atoms with E-state index in [4.69, 9.17) is 4.74 Å². The van der Waals surface area contributed by atoms with E-state index < -0.39 is 0 Å². The number of piperazine rings is 1. The van der Waals surface area contributed by atoms with Crippen molar-refractivity contribution in [1.29, 1.82) is 0 Å². The summed E-state index contributed by atoms with van der Waals surface area (Å²) in [5, 5.41) is 2.17. The van der Waals surface area contributed by atoms with Crippen molar-refractivity contribution < 1.29 is 9.53 Å². The van der Waals surface area contributed by atoms with Gasteiger partial charge in [0.25, 0.3) is 0 Å². The van der Waals surface area contributed by atoms with Crippen LogP contribution in [-0.4, -0.2) is 54.4 Å². The average molecular weight is 415 g/mol. The zero-order valence-corrected chi connectivity index (χ0v) is 18.2. The fraction of sp³-hybridized carbons (Fsp3) is 0.370. The van der Waals surface area contributed by atoms with Gasteiger partial charge in [0, 0.05) is 37.8 Å². The molecule has 1 saturated carbocycles. The monoisotopic (exact) mass is 414 g/mol. The predicted octanol–water partition coefficient (Wildman–Crippen LogP) is 4.77. The standard InChI is InChI=1S/C27H30N2O2/c1-31-25-13-12-21-16-23(11-10-22(21)17-25)27(30)26-19-28(24-8-5-9-24)14-15-29(26)18-20-6-3-2-4-7-20/h2-4,6-7,10-13,16-17,24,26H,5,8-9,14-15,18-19H2,1H3. The lowest BCUT2D eigenvalue weighted by atomic mass is 9.89. The third-order valence-electron chi connectivity index (χ3n) is 6.98. The van der Waals surface area contributed by atoms with Crippen molar-refractivity contribution in [3.05, 3.63) is 77.9 Å². The van der Waals surface area contributed by atoms with Crippen molar-refractivity contribution >= 4 is 16.6 Å². The van der Waals surface area contributed by atoms with Crippen LogP contribution in [0.2, 0.25) is 0 Å². The van der Waals surface area contributed by atoms with Crippen molar-refractivity contribution in [3.8, 4) is 5.75 Å². The molecule has 3 aromatic rings. The molecule has 4 nitrogen and oxygen atoms in total. The summed E-state index contributed by atoms with van der Waals surface area (Å²) >= 11 is 0. The van der Waals surface area contributed by atoms with Gasteiger partial charge in [-0.1, -0.05) is 55.0 Å². The number of Topliss-reactive ketones (excluding diaryl/α,β-unsaturated/α-hetero) is 1. The van der Waals surface area contributed by atoms with E-state index in [-0.39, 0.29) is 11.8 Å². The molecular formula is C27H30N2O2. The van der Waals surface area contributed by atoms with Crippen molar-refractivity contribution in [1.82, 2.24) is 9.80 Å². The van der Waals surface area contributed by atoms with Gasteiger partial charge in [-0.25, -0.2) is 0 Å².